The minimum Gasteiger partial charge on any atom is -0.369 e. The second kappa shape index (κ2) is 12.5. The molecule has 0 aliphatic carbocycles. The minimum atomic E-state index is -0.266. The number of unbranched alkanes of at least 4 members (excludes halogenated alkanes) is 13. The van der Waals surface area contributed by atoms with Gasteiger partial charge in [-0.2, -0.15) is 4.98 Å². The number of hydrogen-bond donors (Lipinski definition) is 2. The molecule has 2 aromatic rings. The fraction of sp³-hybridized carbons (Fsp3) is 0.762. The highest BCUT2D eigenvalue weighted by Gasteiger charge is 2.08. The molecule has 2 heterocycles. The number of rotatable bonds is 15. The van der Waals surface area contributed by atoms with Crippen LogP contribution in [-0.2, 0) is 6.54 Å². The van der Waals surface area contributed by atoms with Gasteiger partial charge in [0.05, 0.1) is 6.33 Å². The van der Waals surface area contributed by atoms with Gasteiger partial charge in [-0.05, 0) is 6.42 Å². The molecule has 6 nitrogen and oxygen atoms in total. The average Bonchev–Trinajstić information content (AvgIpc) is 3.05. The van der Waals surface area contributed by atoms with Crippen molar-refractivity contribution >= 4 is 17.1 Å². The van der Waals surface area contributed by atoms with Crippen molar-refractivity contribution in [3.05, 3.63) is 16.7 Å². The first-order chi connectivity index (χ1) is 13.2. The molecule has 2 aromatic heterocycles. The van der Waals surface area contributed by atoms with Crippen molar-refractivity contribution in [2.24, 2.45) is 0 Å². The molecule has 0 unspecified atom stereocenters. The van der Waals surface area contributed by atoms with E-state index in [1.54, 1.807) is 6.33 Å². The lowest BCUT2D eigenvalue weighted by Crippen LogP contribution is -2.12. The van der Waals surface area contributed by atoms with E-state index in [9.17, 15) is 4.79 Å². The van der Waals surface area contributed by atoms with E-state index in [0.29, 0.717) is 11.2 Å². The lowest BCUT2D eigenvalue weighted by atomic mass is 10.0. The van der Waals surface area contributed by atoms with Gasteiger partial charge in [0.25, 0.3) is 5.56 Å². The van der Waals surface area contributed by atoms with Crippen LogP contribution in [-0.4, -0.2) is 19.5 Å². The molecular formula is C21H37N5O. The molecule has 0 saturated carbocycles. The molecule has 0 bridgehead atoms. The first-order valence-electron chi connectivity index (χ1n) is 10.9. The average molecular weight is 376 g/mol. The van der Waals surface area contributed by atoms with Crippen molar-refractivity contribution in [1.29, 1.82) is 0 Å². The maximum Gasteiger partial charge on any atom is 0.280 e. The van der Waals surface area contributed by atoms with Crippen molar-refractivity contribution < 1.29 is 0 Å². The zero-order chi connectivity index (χ0) is 19.3. The predicted molar refractivity (Wildman–Crippen MR) is 113 cm³/mol. The van der Waals surface area contributed by atoms with E-state index in [2.05, 4.69) is 21.9 Å². The highest BCUT2D eigenvalue weighted by Crippen LogP contribution is 2.14. The van der Waals surface area contributed by atoms with Crippen molar-refractivity contribution in [1.82, 2.24) is 19.5 Å². The Bertz CT molecular complexity index is 706. The van der Waals surface area contributed by atoms with E-state index >= 15 is 0 Å². The molecule has 0 amide bonds. The smallest absolute Gasteiger partial charge is 0.280 e. The molecule has 6 heteroatoms. The van der Waals surface area contributed by atoms with Crippen LogP contribution in [0.5, 0.6) is 0 Å². The van der Waals surface area contributed by atoms with Gasteiger partial charge in [-0.3, -0.25) is 9.78 Å². The third-order valence-corrected chi connectivity index (χ3v) is 5.25. The molecule has 3 N–H and O–H groups in total. The minimum absolute atomic E-state index is 0.148. The summed E-state index contributed by atoms with van der Waals surface area (Å²) in [7, 11) is 0. The number of nitrogens with zero attached hydrogens (tertiary/aromatic N) is 3. The molecule has 152 valence electrons. The summed E-state index contributed by atoms with van der Waals surface area (Å²) < 4.78 is 1.93. The Morgan fingerprint density at radius 2 is 1.41 bits per heavy atom. The highest BCUT2D eigenvalue weighted by atomic mass is 16.1. The number of aromatic nitrogens is 4. The summed E-state index contributed by atoms with van der Waals surface area (Å²) in [5, 5.41) is 0. The topological polar surface area (TPSA) is 89.6 Å². The van der Waals surface area contributed by atoms with Crippen LogP contribution in [0.15, 0.2) is 11.1 Å². The summed E-state index contributed by atoms with van der Waals surface area (Å²) in [6, 6.07) is 0. The van der Waals surface area contributed by atoms with Gasteiger partial charge < -0.3 is 10.3 Å². The zero-order valence-corrected chi connectivity index (χ0v) is 17.0. The molecule has 0 fully saturated rings. The molecular weight excluding hydrogens is 338 g/mol. The molecule has 0 aliphatic heterocycles. The first kappa shape index (κ1) is 21.5. The fourth-order valence-corrected chi connectivity index (χ4v) is 3.61. The number of aryl methyl sites for hydroxylation is 1. The molecule has 27 heavy (non-hydrogen) atoms. The number of nitrogen functional groups attached to an aromatic ring is 1. The monoisotopic (exact) mass is 375 g/mol. The van der Waals surface area contributed by atoms with E-state index < -0.39 is 0 Å². The van der Waals surface area contributed by atoms with Gasteiger partial charge in [-0.1, -0.05) is 90.4 Å². The Labute approximate surface area is 163 Å². The second-order valence-corrected chi connectivity index (χ2v) is 7.66. The Kier molecular flexibility index (Phi) is 9.95. The number of anilines is 1. The summed E-state index contributed by atoms with van der Waals surface area (Å²) in [5.41, 5.74) is 6.32. The number of H-pyrrole nitrogens is 1. The summed E-state index contributed by atoms with van der Waals surface area (Å²) >= 11 is 0. The number of aromatic amines is 1. The Hall–Kier alpha value is -1.85. The van der Waals surface area contributed by atoms with Crippen LogP contribution in [0.3, 0.4) is 0 Å². The van der Waals surface area contributed by atoms with E-state index in [1.165, 1.54) is 83.5 Å². The summed E-state index contributed by atoms with van der Waals surface area (Å²) in [5.74, 6) is 0.148. The van der Waals surface area contributed by atoms with Gasteiger partial charge in [0, 0.05) is 6.54 Å². The normalized spacial score (nSPS) is 11.4. The third kappa shape index (κ3) is 7.73. The molecule has 0 aromatic carbocycles. The maximum absolute atomic E-state index is 11.8. The van der Waals surface area contributed by atoms with E-state index in [-0.39, 0.29) is 11.5 Å². The Morgan fingerprint density at radius 3 is 1.96 bits per heavy atom. The standard InChI is InChI=1S/C21H37N5O/c1-2-3-4-5-6-7-8-9-10-11-12-13-14-15-16-26-17-23-18-19(26)24-21(22)25-20(18)27/h17H,2-16H2,1H3,(H3,22,24,25,27). The number of fused-ring (bicyclic) bond motifs is 1. The third-order valence-electron chi connectivity index (χ3n) is 5.25. The molecule has 0 aliphatic rings. The lowest BCUT2D eigenvalue weighted by Gasteiger charge is -2.05. The number of nitrogens with one attached hydrogen (secondary N) is 1. The Morgan fingerprint density at radius 1 is 0.889 bits per heavy atom. The predicted octanol–water partition coefficient (Wildman–Crippen LogP) is 5.18. The van der Waals surface area contributed by atoms with Gasteiger partial charge in [-0.15, -0.1) is 0 Å². The van der Waals surface area contributed by atoms with Crippen molar-refractivity contribution in [3.8, 4) is 0 Å². The molecule has 2 rings (SSSR count). The van der Waals surface area contributed by atoms with Crippen molar-refractivity contribution in [2.75, 3.05) is 5.73 Å². The quantitative estimate of drug-likeness (QED) is 0.420. The largest absolute Gasteiger partial charge is 0.369 e. The first-order valence-corrected chi connectivity index (χ1v) is 10.9. The SMILES string of the molecule is CCCCCCCCCCCCCCCCn1cnc2c(=O)[nH]c(N)nc21. The van der Waals surface area contributed by atoms with E-state index in [1.807, 2.05) is 4.57 Å². The molecule has 0 saturated heterocycles. The van der Waals surface area contributed by atoms with E-state index in [4.69, 9.17) is 5.73 Å². The van der Waals surface area contributed by atoms with Crippen LogP contribution in [0.4, 0.5) is 5.95 Å². The van der Waals surface area contributed by atoms with Gasteiger partial charge in [-0.25, -0.2) is 4.98 Å². The lowest BCUT2D eigenvalue weighted by molar-refractivity contribution is 0.525. The van der Waals surface area contributed by atoms with Gasteiger partial charge >= 0.3 is 0 Å². The summed E-state index contributed by atoms with van der Waals surface area (Å²) in [6.07, 6.45) is 20.6. The van der Waals surface area contributed by atoms with E-state index in [0.717, 1.165) is 13.0 Å². The van der Waals surface area contributed by atoms with Gasteiger partial charge in [0.1, 0.15) is 0 Å². The van der Waals surface area contributed by atoms with Crippen LogP contribution in [0.2, 0.25) is 0 Å². The molecule has 0 atom stereocenters. The fourth-order valence-electron chi connectivity index (χ4n) is 3.61. The van der Waals surface area contributed by atoms with Crippen LogP contribution in [0.1, 0.15) is 96.8 Å². The number of nitrogens with two attached hydrogens (primary N) is 1. The van der Waals surface area contributed by atoms with Gasteiger partial charge in [0.2, 0.25) is 5.95 Å². The second-order valence-electron chi connectivity index (χ2n) is 7.66. The van der Waals surface area contributed by atoms with Crippen molar-refractivity contribution in [2.45, 2.75) is 103 Å². The number of imidazole rings is 1. The summed E-state index contributed by atoms with van der Waals surface area (Å²) in [4.78, 5) is 22.6. The molecule has 0 spiro atoms. The summed E-state index contributed by atoms with van der Waals surface area (Å²) in [6.45, 7) is 3.11. The van der Waals surface area contributed by atoms with Crippen LogP contribution >= 0.6 is 0 Å². The molecule has 0 radical (unpaired) electrons. The highest BCUT2D eigenvalue weighted by molar-refractivity contribution is 5.70. The van der Waals surface area contributed by atoms with Crippen LogP contribution in [0, 0.1) is 0 Å². The maximum atomic E-state index is 11.8. The van der Waals surface area contributed by atoms with Gasteiger partial charge in [0.15, 0.2) is 11.2 Å². The van der Waals surface area contributed by atoms with Crippen molar-refractivity contribution in [3.63, 3.8) is 0 Å². The van der Waals surface area contributed by atoms with Crippen LogP contribution < -0.4 is 11.3 Å². The Balaban J connectivity index is 1.47. The zero-order valence-electron chi connectivity index (χ0n) is 17.0. The van der Waals surface area contributed by atoms with Crippen LogP contribution in [0.25, 0.3) is 11.2 Å². The number of hydrogen-bond acceptors (Lipinski definition) is 4.